The third kappa shape index (κ3) is 5.70. The van der Waals surface area contributed by atoms with E-state index in [1.54, 1.807) is 0 Å². The number of hydrogen-bond donors (Lipinski definition) is 0. The van der Waals surface area contributed by atoms with Crippen LogP contribution in [0.15, 0.2) is 0 Å². The van der Waals surface area contributed by atoms with Crippen molar-refractivity contribution >= 4 is 35.6 Å². The molecule has 1 aliphatic rings. The lowest BCUT2D eigenvalue weighted by molar-refractivity contribution is 0.377. The Hall–Kier alpha value is 0.380. The first-order valence-corrected chi connectivity index (χ1v) is 10.7. The molecular formula is C10H19BrO4S2. The van der Waals surface area contributed by atoms with Gasteiger partial charge in [0.25, 0.3) is 0 Å². The number of halogens is 1. The van der Waals surface area contributed by atoms with E-state index in [4.69, 9.17) is 0 Å². The summed E-state index contributed by atoms with van der Waals surface area (Å²) in [6, 6.07) is 0. The summed E-state index contributed by atoms with van der Waals surface area (Å²) in [7, 11) is -5.75. The summed E-state index contributed by atoms with van der Waals surface area (Å²) in [5.74, 6) is 1.21. The molecule has 17 heavy (non-hydrogen) atoms. The topological polar surface area (TPSA) is 68.3 Å². The molecule has 1 fully saturated rings. The summed E-state index contributed by atoms with van der Waals surface area (Å²) in [6.45, 7) is 0. The van der Waals surface area contributed by atoms with Crippen LogP contribution in [0.1, 0.15) is 19.3 Å². The molecule has 0 amide bonds. The predicted octanol–water partition coefficient (Wildman–Crippen LogP) is 1.26. The molecule has 1 rings (SSSR count). The lowest BCUT2D eigenvalue weighted by Crippen LogP contribution is -2.19. The van der Waals surface area contributed by atoms with Crippen molar-refractivity contribution < 1.29 is 16.8 Å². The second-order valence-corrected chi connectivity index (χ2v) is 9.99. The van der Waals surface area contributed by atoms with Crippen LogP contribution in [0.25, 0.3) is 0 Å². The summed E-state index contributed by atoms with van der Waals surface area (Å²) in [6.07, 6.45) is 3.35. The van der Waals surface area contributed by atoms with Gasteiger partial charge in [-0.25, -0.2) is 16.8 Å². The summed E-state index contributed by atoms with van der Waals surface area (Å²) < 4.78 is 44.8. The molecule has 7 heteroatoms. The molecule has 102 valence electrons. The third-order valence-corrected chi connectivity index (χ3v) is 6.88. The van der Waals surface area contributed by atoms with Gasteiger partial charge < -0.3 is 0 Å². The lowest BCUT2D eigenvalue weighted by Gasteiger charge is -2.19. The van der Waals surface area contributed by atoms with Crippen LogP contribution in [0.4, 0.5) is 0 Å². The maximum Gasteiger partial charge on any atom is 0.150 e. The lowest BCUT2D eigenvalue weighted by atomic mass is 9.90. The maximum absolute atomic E-state index is 11.4. The van der Waals surface area contributed by atoms with Gasteiger partial charge in [0, 0.05) is 17.3 Å². The van der Waals surface area contributed by atoms with E-state index in [1.165, 1.54) is 6.26 Å². The molecule has 2 unspecified atom stereocenters. The largest absolute Gasteiger partial charge is 0.229 e. The van der Waals surface area contributed by atoms with Crippen LogP contribution in [-0.4, -0.2) is 45.7 Å². The molecule has 0 aromatic rings. The molecule has 0 saturated carbocycles. The van der Waals surface area contributed by atoms with Crippen molar-refractivity contribution in [2.75, 3.05) is 28.8 Å². The van der Waals surface area contributed by atoms with Gasteiger partial charge in [-0.05, 0) is 31.1 Å². The predicted molar refractivity (Wildman–Crippen MR) is 73.0 cm³/mol. The van der Waals surface area contributed by atoms with Crippen molar-refractivity contribution in [3.05, 3.63) is 0 Å². The van der Waals surface area contributed by atoms with Gasteiger partial charge in [-0.1, -0.05) is 15.9 Å². The van der Waals surface area contributed by atoms with Crippen molar-refractivity contribution in [2.24, 2.45) is 11.8 Å². The van der Waals surface area contributed by atoms with Gasteiger partial charge in [-0.15, -0.1) is 0 Å². The van der Waals surface area contributed by atoms with Crippen LogP contribution in [0.3, 0.4) is 0 Å². The molecule has 0 N–H and O–H groups in total. The third-order valence-electron chi connectivity index (χ3n) is 3.22. The highest BCUT2D eigenvalue weighted by molar-refractivity contribution is 9.09. The van der Waals surface area contributed by atoms with E-state index in [9.17, 15) is 16.8 Å². The standard InChI is InChI=1S/C10H19BrO4S2/c1-16(12,13)5-2-3-9(7-11)10-4-6-17(14,15)8-10/h9-10H,2-8H2,1H3. The molecule has 0 aromatic heterocycles. The number of hydrogen-bond acceptors (Lipinski definition) is 4. The van der Waals surface area contributed by atoms with Gasteiger partial charge in [-0.2, -0.15) is 0 Å². The molecule has 0 bridgehead atoms. The first kappa shape index (κ1) is 15.4. The Morgan fingerprint density at radius 1 is 1.41 bits per heavy atom. The zero-order valence-corrected chi connectivity index (χ0v) is 13.2. The zero-order chi connectivity index (χ0) is 13.1. The Kier molecular flexibility index (Phi) is 5.46. The van der Waals surface area contributed by atoms with Crippen LogP contribution in [0.2, 0.25) is 0 Å². The number of alkyl halides is 1. The van der Waals surface area contributed by atoms with E-state index >= 15 is 0 Å². The SMILES string of the molecule is CS(=O)(=O)CCCC(CBr)C1CCS(=O)(=O)C1. The zero-order valence-electron chi connectivity index (χ0n) is 9.93. The van der Waals surface area contributed by atoms with Crippen molar-refractivity contribution in [1.82, 2.24) is 0 Å². The van der Waals surface area contributed by atoms with E-state index < -0.39 is 19.7 Å². The van der Waals surface area contributed by atoms with Gasteiger partial charge >= 0.3 is 0 Å². The Labute approximate surface area is 112 Å². The monoisotopic (exact) mass is 346 g/mol. The van der Waals surface area contributed by atoms with E-state index in [-0.39, 0.29) is 29.1 Å². The smallest absolute Gasteiger partial charge is 0.150 e. The molecule has 4 nitrogen and oxygen atoms in total. The van der Waals surface area contributed by atoms with E-state index in [0.29, 0.717) is 6.42 Å². The van der Waals surface area contributed by atoms with E-state index in [1.807, 2.05) is 0 Å². The second-order valence-electron chi connectivity index (χ2n) is 4.85. The molecule has 1 heterocycles. The van der Waals surface area contributed by atoms with Gasteiger partial charge in [0.1, 0.15) is 9.84 Å². The normalized spacial score (nSPS) is 25.9. The minimum Gasteiger partial charge on any atom is -0.229 e. The molecule has 1 saturated heterocycles. The fourth-order valence-corrected chi connectivity index (χ4v) is 5.71. The van der Waals surface area contributed by atoms with Crippen LogP contribution < -0.4 is 0 Å². The quantitative estimate of drug-likeness (QED) is 0.679. The van der Waals surface area contributed by atoms with E-state index in [0.717, 1.165) is 18.2 Å². The summed E-state index contributed by atoms with van der Waals surface area (Å²) in [4.78, 5) is 0. The molecule has 0 aliphatic carbocycles. The van der Waals surface area contributed by atoms with Gasteiger partial charge in [-0.3, -0.25) is 0 Å². The highest BCUT2D eigenvalue weighted by Crippen LogP contribution is 2.30. The maximum atomic E-state index is 11.4. The number of rotatable bonds is 6. The van der Waals surface area contributed by atoms with Gasteiger partial charge in [0.05, 0.1) is 11.5 Å². The van der Waals surface area contributed by atoms with Gasteiger partial charge in [0.2, 0.25) is 0 Å². The minimum atomic E-state index is -2.91. The molecule has 2 atom stereocenters. The average molecular weight is 347 g/mol. The van der Waals surface area contributed by atoms with Crippen LogP contribution in [0, 0.1) is 11.8 Å². The second kappa shape index (κ2) is 6.02. The Morgan fingerprint density at radius 3 is 2.47 bits per heavy atom. The Morgan fingerprint density at radius 2 is 2.06 bits per heavy atom. The van der Waals surface area contributed by atoms with Crippen LogP contribution >= 0.6 is 15.9 Å². The van der Waals surface area contributed by atoms with Crippen molar-refractivity contribution in [2.45, 2.75) is 19.3 Å². The molecule has 0 radical (unpaired) electrons. The summed E-state index contributed by atoms with van der Waals surface area (Å²) in [5, 5.41) is 0.747. The number of sulfone groups is 2. The van der Waals surface area contributed by atoms with Crippen molar-refractivity contribution in [3.8, 4) is 0 Å². The molecule has 0 aromatic carbocycles. The first-order chi connectivity index (χ1) is 7.73. The van der Waals surface area contributed by atoms with Crippen LogP contribution in [0.5, 0.6) is 0 Å². The minimum absolute atomic E-state index is 0.190. The Bertz CT molecular complexity index is 441. The fraction of sp³-hybridized carbons (Fsp3) is 1.00. The Balaban J connectivity index is 2.45. The van der Waals surface area contributed by atoms with Crippen molar-refractivity contribution in [1.29, 1.82) is 0 Å². The van der Waals surface area contributed by atoms with Crippen molar-refractivity contribution in [3.63, 3.8) is 0 Å². The fourth-order valence-electron chi connectivity index (χ4n) is 2.24. The van der Waals surface area contributed by atoms with E-state index in [2.05, 4.69) is 15.9 Å². The highest BCUT2D eigenvalue weighted by Gasteiger charge is 2.32. The average Bonchev–Trinajstić information content (AvgIpc) is 2.52. The summed E-state index contributed by atoms with van der Waals surface area (Å²) in [5.41, 5.74) is 0. The molecule has 1 aliphatic heterocycles. The summed E-state index contributed by atoms with van der Waals surface area (Å²) >= 11 is 3.40. The molecule has 0 spiro atoms. The van der Waals surface area contributed by atoms with Crippen LogP contribution in [-0.2, 0) is 19.7 Å². The van der Waals surface area contributed by atoms with Gasteiger partial charge in [0.15, 0.2) is 9.84 Å². The highest BCUT2D eigenvalue weighted by atomic mass is 79.9. The first-order valence-electron chi connectivity index (χ1n) is 5.67. The molecular weight excluding hydrogens is 328 g/mol.